The number of benzene rings is 1. The van der Waals surface area contributed by atoms with Crippen LogP contribution in [0.15, 0.2) is 42.1 Å². The molecule has 0 aliphatic rings. The minimum Gasteiger partial charge on any atom is -0.480 e. The maximum atomic E-state index is 11.7. The van der Waals surface area contributed by atoms with Crippen molar-refractivity contribution in [2.45, 2.75) is 26.3 Å². The van der Waals surface area contributed by atoms with Gasteiger partial charge in [0.2, 0.25) is 5.91 Å². The number of nitrogens with one attached hydrogen (secondary N) is 2. The van der Waals surface area contributed by atoms with Crippen LogP contribution in [0.1, 0.15) is 19.4 Å². The van der Waals surface area contributed by atoms with Crippen LogP contribution in [0, 0.1) is 0 Å². The zero-order valence-electron chi connectivity index (χ0n) is 13.7. The van der Waals surface area contributed by atoms with Gasteiger partial charge in [0.25, 0.3) is 0 Å². The number of amides is 1. The lowest BCUT2D eigenvalue weighted by Gasteiger charge is -2.16. The Balaban J connectivity index is 2.57. The van der Waals surface area contributed by atoms with Crippen molar-refractivity contribution >= 4 is 17.8 Å². The van der Waals surface area contributed by atoms with E-state index >= 15 is 0 Å². The first-order valence-electron chi connectivity index (χ1n) is 7.57. The Morgan fingerprint density at radius 3 is 2.50 bits per heavy atom. The SMILES string of the molecule is CCOC(=O)CNC(=O)C=C(C)N[C@@H](Cc1ccccc1)C(=O)O. The lowest BCUT2D eigenvalue weighted by molar-refractivity contribution is -0.143. The predicted molar refractivity (Wildman–Crippen MR) is 88.1 cm³/mol. The molecule has 1 aromatic rings. The van der Waals surface area contributed by atoms with Gasteiger partial charge in [-0.15, -0.1) is 0 Å². The zero-order chi connectivity index (χ0) is 17.9. The van der Waals surface area contributed by atoms with E-state index in [9.17, 15) is 19.5 Å². The number of hydrogen-bond acceptors (Lipinski definition) is 5. The van der Waals surface area contributed by atoms with Crippen LogP contribution in [0.3, 0.4) is 0 Å². The molecule has 1 amide bonds. The standard InChI is InChI=1S/C17H22N2O5/c1-3-24-16(21)11-18-15(20)9-12(2)19-14(17(22)23)10-13-7-5-4-6-8-13/h4-9,14,19H,3,10-11H2,1-2H3,(H,18,20)(H,22,23)/t14-/m0/s1. The Morgan fingerprint density at radius 1 is 1.25 bits per heavy atom. The fourth-order valence-electron chi connectivity index (χ4n) is 1.99. The zero-order valence-corrected chi connectivity index (χ0v) is 13.7. The topological polar surface area (TPSA) is 105 Å². The first-order chi connectivity index (χ1) is 11.4. The van der Waals surface area contributed by atoms with E-state index in [1.807, 2.05) is 30.3 Å². The highest BCUT2D eigenvalue weighted by molar-refractivity contribution is 5.90. The molecule has 0 saturated heterocycles. The van der Waals surface area contributed by atoms with E-state index in [4.69, 9.17) is 4.74 Å². The Kier molecular flexibility index (Phi) is 8.04. The van der Waals surface area contributed by atoms with E-state index in [0.717, 1.165) is 5.56 Å². The van der Waals surface area contributed by atoms with E-state index in [2.05, 4.69) is 10.6 Å². The van der Waals surface area contributed by atoms with Gasteiger partial charge in [-0.05, 0) is 19.4 Å². The van der Waals surface area contributed by atoms with Crippen molar-refractivity contribution in [3.8, 4) is 0 Å². The Labute approximate surface area is 140 Å². The number of hydrogen-bond donors (Lipinski definition) is 3. The van der Waals surface area contributed by atoms with Crippen molar-refractivity contribution in [1.82, 2.24) is 10.6 Å². The molecule has 1 rings (SSSR count). The molecule has 1 atom stereocenters. The van der Waals surface area contributed by atoms with E-state index in [1.54, 1.807) is 13.8 Å². The van der Waals surface area contributed by atoms with Crippen LogP contribution < -0.4 is 10.6 Å². The summed E-state index contributed by atoms with van der Waals surface area (Å²) in [7, 11) is 0. The van der Waals surface area contributed by atoms with Crippen molar-refractivity contribution in [3.05, 3.63) is 47.7 Å². The van der Waals surface area contributed by atoms with Gasteiger partial charge in [0.05, 0.1) is 6.61 Å². The van der Waals surface area contributed by atoms with Crippen LogP contribution in [0.25, 0.3) is 0 Å². The molecule has 7 heteroatoms. The van der Waals surface area contributed by atoms with Crippen LogP contribution in [-0.4, -0.2) is 42.1 Å². The van der Waals surface area contributed by atoms with Crippen molar-refractivity contribution in [3.63, 3.8) is 0 Å². The minimum absolute atomic E-state index is 0.233. The molecule has 0 fully saturated rings. The molecule has 0 aliphatic carbocycles. The second kappa shape index (κ2) is 10.0. The molecule has 0 aliphatic heterocycles. The number of carbonyl (C=O) groups is 3. The lowest BCUT2D eigenvalue weighted by atomic mass is 10.1. The third-order valence-electron chi connectivity index (χ3n) is 3.04. The number of carboxylic acid groups (broad SMARTS) is 1. The fraction of sp³-hybridized carbons (Fsp3) is 0.353. The number of ether oxygens (including phenoxy) is 1. The molecule has 7 nitrogen and oxygen atoms in total. The highest BCUT2D eigenvalue weighted by atomic mass is 16.5. The van der Waals surface area contributed by atoms with Gasteiger partial charge >= 0.3 is 11.9 Å². The molecule has 0 saturated carbocycles. The molecule has 0 bridgehead atoms. The molecule has 130 valence electrons. The average Bonchev–Trinajstić information content (AvgIpc) is 2.53. The monoisotopic (exact) mass is 334 g/mol. The van der Waals surface area contributed by atoms with Crippen LogP contribution in [-0.2, 0) is 25.5 Å². The summed E-state index contributed by atoms with van der Waals surface area (Å²) in [6.07, 6.45) is 1.49. The molecule has 3 N–H and O–H groups in total. The van der Waals surface area contributed by atoms with Crippen molar-refractivity contribution < 1.29 is 24.2 Å². The summed E-state index contributed by atoms with van der Waals surface area (Å²) < 4.78 is 4.69. The summed E-state index contributed by atoms with van der Waals surface area (Å²) in [6.45, 7) is 3.27. The van der Waals surface area contributed by atoms with Crippen molar-refractivity contribution in [2.24, 2.45) is 0 Å². The fourth-order valence-corrected chi connectivity index (χ4v) is 1.99. The summed E-state index contributed by atoms with van der Waals surface area (Å²) in [4.78, 5) is 34.2. The second-order valence-corrected chi connectivity index (χ2v) is 5.08. The van der Waals surface area contributed by atoms with E-state index in [0.29, 0.717) is 5.70 Å². The Morgan fingerprint density at radius 2 is 1.92 bits per heavy atom. The molecule has 0 aromatic heterocycles. The summed E-state index contributed by atoms with van der Waals surface area (Å²) in [5.41, 5.74) is 1.26. The molecule has 1 aromatic carbocycles. The third kappa shape index (κ3) is 7.44. The van der Waals surface area contributed by atoms with Gasteiger partial charge in [-0.1, -0.05) is 30.3 Å². The first-order valence-corrected chi connectivity index (χ1v) is 7.57. The first kappa shape index (κ1) is 19.2. The smallest absolute Gasteiger partial charge is 0.326 e. The van der Waals surface area contributed by atoms with Crippen molar-refractivity contribution in [1.29, 1.82) is 0 Å². The van der Waals surface area contributed by atoms with E-state index < -0.39 is 23.9 Å². The Bertz CT molecular complexity index is 598. The number of carbonyl (C=O) groups excluding carboxylic acids is 2. The Hall–Kier alpha value is -2.83. The average molecular weight is 334 g/mol. The van der Waals surface area contributed by atoms with Gasteiger partial charge < -0.3 is 20.5 Å². The highest BCUT2D eigenvalue weighted by Gasteiger charge is 2.17. The van der Waals surface area contributed by atoms with E-state index in [1.165, 1.54) is 6.08 Å². The second-order valence-electron chi connectivity index (χ2n) is 5.08. The van der Waals surface area contributed by atoms with Gasteiger partial charge in [-0.3, -0.25) is 9.59 Å². The van der Waals surface area contributed by atoms with Crippen LogP contribution in [0.2, 0.25) is 0 Å². The van der Waals surface area contributed by atoms with Gasteiger partial charge in [0.1, 0.15) is 12.6 Å². The maximum absolute atomic E-state index is 11.7. The van der Waals surface area contributed by atoms with Gasteiger partial charge in [0, 0.05) is 18.2 Å². The largest absolute Gasteiger partial charge is 0.480 e. The number of esters is 1. The number of aliphatic carboxylic acids is 1. The van der Waals surface area contributed by atoms with E-state index in [-0.39, 0.29) is 19.6 Å². The van der Waals surface area contributed by atoms with Crippen LogP contribution >= 0.6 is 0 Å². The summed E-state index contributed by atoms with van der Waals surface area (Å²) in [5, 5.41) is 14.5. The normalized spacial score (nSPS) is 12.2. The predicted octanol–water partition coefficient (Wildman–Crippen LogP) is 0.855. The van der Waals surface area contributed by atoms with Crippen LogP contribution in [0.5, 0.6) is 0 Å². The molecule has 0 unspecified atom stereocenters. The quantitative estimate of drug-likeness (QED) is 0.457. The molecule has 0 heterocycles. The van der Waals surface area contributed by atoms with Gasteiger partial charge in [-0.25, -0.2) is 4.79 Å². The minimum atomic E-state index is -1.02. The number of allylic oxidation sites excluding steroid dienone is 1. The van der Waals surface area contributed by atoms with Gasteiger partial charge in [0.15, 0.2) is 0 Å². The summed E-state index contributed by atoms with van der Waals surface area (Å²) in [6, 6.07) is 8.33. The highest BCUT2D eigenvalue weighted by Crippen LogP contribution is 2.05. The van der Waals surface area contributed by atoms with Crippen LogP contribution in [0.4, 0.5) is 0 Å². The summed E-state index contributed by atoms with van der Waals surface area (Å²) in [5.74, 6) is -2.05. The molecule has 0 spiro atoms. The van der Waals surface area contributed by atoms with Gasteiger partial charge in [-0.2, -0.15) is 0 Å². The number of carboxylic acids is 1. The molecular weight excluding hydrogens is 312 g/mol. The molecule has 24 heavy (non-hydrogen) atoms. The third-order valence-corrected chi connectivity index (χ3v) is 3.04. The van der Waals surface area contributed by atoms with Crippen molar-refractivity contribution in [2.75, 3.05) is 13.2 Å². The molecule has 0 radical (unpaired) electrons. The molecular formula is C17H22N2O5. The summed E-state index contributed by atoms with van der Waals surface area (Å²) >= 11 is 0. The maximum Gasteiger partial charge on any atom is 0.326 e. The lowest BCUT2D eigenvalue weighted by Crippen LogP contribution is -2.38. The number of rotatable bonds is 9.